The third-order valence-corrected chi connectivity index (χ3v) is 4.77. The van der Waals surface area contributed by atoms with Gasteiger partial charge in [0, 0.05) is 6.54 Å². The fraction of sp³-hybridized carbons (Fsp3) is 0.933. The summed E-state index contributed by atoms with van der Waals surface area (Å²) in [4.78, 5) is 14.6. The van der Waals surface area contributed by atoms with E-state index in [2.05, 4.69) is 37.2 Å². The normalized spacial score (nSPS) is 25.1. The lowest BCUT2D eigenvalue weighted by Gasteiger charge is -2.23. The SMILES string of the molecule is CCCC1NC(C(C)CC)C(=O)N1CCCCSC. The van der Waals surface area contributed by atoms with Crippen LogP contribution in [0.4, 0.5) is 0 Å². The van der Waals surface area contributed by atoms with Gasteiger partial charge in [0.25, 0.3) is 0 Å². The van der Waals surface area contributed by atoms with Gasteiger partial charge in [-0.1, -0.05) is 33.6 Å². The van der Waals surface area contributed by atoms with E-state index in [-0.39, 0.29) is 12.2 Å². The van der Waals surface area contributed by atoms with Crippen molar-refractivity contribution in [2.45, 2.75) is 65.1 Å². The summed E-state index contributed by atoms with van der Waals surface area (Å²) in [6.07, 6.45) is 8.00. The lowest BCUT2D eigenvalue weighted by molar-refractivity contribution is -0.131. The highest BCUT2D eigenvalue weighted by molar-refractivity contribution is 7.98. The Balaban J connectivity index is 2.55. The quantitative estimate of drug-likeness (QED) is 0.661. The van der Waals surface area contributed by atoms with Crippen molar-refractivity contribution < 1.29 is 4.79 Å². The highest BCUT2D eigenvalue weighted by atomic mass is 32.2. The first-order chi connectivity index (χ1) is 9.15. The van der Waals surface area contributed by atoms with E-state index >= 15 is 0 Å². The largest absolute Gasteiger partial charge is 0.326 e. The zero-order chi connectivity index (χ0) is 14.3. The van der Waals surface area contributed by atoms with Gasteiger partial charge in [0.2, 0.25) is 5.91 Å². The number of hydrogen-bond acceptors (Lipinski definition) is 3. The van der Waals surface area contributed by atoms with E-state index in [9.17, 15) is 4.79 Å². The van der Waals surface area contributed by atoms with Crippen LogP contribution in [0.2, 0.25) is 0 Å². The van der Waals surface area contributed by atoms with E-state index in [1.807, 2.05) is 11.8 Å². The lowest BCUT2D eigenvalue weighted by atomic mass is 9.99. The van der Waals surface area contributed by atoms with Gasteiger partial charge in [-0.05, 0) is 37.2 Å². The summed E-state index contributed by atoms with van der Waals surface area (Å²) < 4.78 is 0. The number of nitrogens with one attached hydrogen (secondary N) is 1. The van der Waals surface area contributed by atoms with Crippen LogP contribution >= 0.6 is 11.8 Å². The molecular formula is C15H30N2OS. The van der Waals surface area contributed by atoms with Crippen molar-refractivity contribution >= 4 is 17.7 Å². The molecule has 1 amide bonds. The van der Waals surface area contributed by atoms with Crippen LogP contribution in [0.15, 0.2) is 0 Å². The predicted octanol–water partition coefficient (Wildman–Crippen LogP) is 3.10. The summed E-state index contributed by atoms with van der Waals surface area (Å²) in [6.45, 7) is 7.45. The van der Waals surface area contributed by atoms with Crippen LogP contribution in [0.1, 0.15) is 52.9 Å². The molecular weight excluding hydrogens is 256 g/mol. The number of unbranched alkanes of at least 4 members (excludes halogenated alkanes) is 1. The third-order valence-electron chi connectivity index (χ3n) is 4.07. The minimum Gasteiger partial charge on any atom is -0.326 e. The van der Waals surface area contributed by atoms with E-state index in [4.69, 9.17) is 0 Å². The van der Waals surface area contributed by atoms with E-state index in [0.717, 1.165) is 32.2 Å². The number of amides is 1. The summed E-state index contributed by atoms with van der Waals surface area (Å²) in [5, 5.41) is 3.55. The minimum atomic E-state index is 0.0436. The van der Waals surface area contributed by atoms with E-state index in [1.54, 1.807) is 0 Å². The van der Waals surface area contributed by atoms with E-state index < -0.39 is 0 Å². The molecule has 1 aliphatic rings. The second-order valence-corrected chi connectivity index (χ2v) is 6.55. The fourth-order valence-electron chi connectivity index (χ4n) is 2.65. The van der Waals surface area contributed by atoms with Crippen LogP contribution in [-0.2, 0) is 4.79 Å². The van der Waals surface area contributed by atoms with Crippen LogP contribution in [0.5, 0.6) is 0 Å². The maximum absolute atomic E-state index is 12.5. The molecule has 1 fully saturated rings. The number of carbonyl (C=O) groups excluding carboxylic acids is 1. The zero-order valence-electron chi connectivity index (χ0n) is 12.9. The summed E-state index contributed by atoms with van der Waals surface area (Å²) in [5.74, 6) is 1.96. The van der Waals surface area contributed by atoms with Crippen molar-refractivity contribution in [1.82, 2.24) is 10.2 Å². The van der Waals surface area contributed by atoms with Gasteiger partial charge in [0.1, 0.15) is 0 Å². The molecule has 3 unspecified atom stereocenters. The van der Waals surface area contributed by atoms with Crippen molar-refractivity contribution in [3.05, 3.63) is 0 Å². The maximum atomic E-state index is 12.5. The molecule has 0 aliphatic carbocycles. The third kappa shape index (κ3) is 4.67. The highest BCUT2D eigenvalue weighted by Crippen LogP contribution is 2.22. The summed E-state index contributed by atoms with van der Waals surface area (Å²) >= 11 is 1.89. The highest BCUT2D eigenvalue weighted by Gasteiger charge is 2.39. The Morgan fingerprint density at radius 1 is 1.37 bits per heavy atom. The number of thioether (sulfide) groups is 1. The topological polar surface area (TPSA) is 32.3 Å². The first-order valence-corrected chi connectivity index (χ1v) is 9.10. The standard InChI is InChI=1S/C15H30N2OS/c1-5-9-13-16-14(12(3)6-2)15(18)17(13)10-7-8-11-19-4/h12-14,16H,5-11H2,1-4H3. The second-order valence-electron chi connectivity index (χ2n) is 5.57. The van der Waals surface area contributed by atoms with Gasteiger partial charge in [0.15, 0.2) is 0 Å². The average Bonchev–Trinajstić information content (AvgIpc) is 2.72. The molecule has 0 aromatic carbocycles. The molecule has 3 nitrogen and oxygen atoms in total. The minimum absolute atomic E-state index is 0.0436. The van der Waals surface area contributed by atoms with Crippen molar-refractivity contribution in [1.29, 1.82) is 0 Å². The predicted molar refractivity (Wildman–Crippen MR) is 84.4 cm³/mol. The number of carbonyl (C=O) groups is 1. The van der Waals surface area contributed by atoms with Gasteiger partial charge < -0.3 is 4.90 Å². The molecule has 4 heteroatoms. The Bertz CT molecular complexity index is 273. The Morgan fingerprint density at radius 2 is 2.11 bits per heavy atom. The average molecular weight is 286 g/mol. The molecule has 0 aromatic heterocycles. The molecule has 1 rings (SSSR count). The smallest absolute Gasteiger partial charge is 0.241 e. The first-order valence-electron chi connectivity index (χ1n) is 7.71. The number of nitrogens with zero attached hydrogens (tertiary/aromatic N) is 1. The van der Waals surface area contributed by atoms with Crippen molar-refractivity contribution in [2.75, 3.05) is 18.6 Å². The Labute approximate surface area is 122 Å². The molecule has 19 heavy (non-hydrogen) atoms. The number of rotatable bonds is 9. The van der Waals surface area contributed by atoms with Gasteiger partial charge in [-0.2, -0.15) is 11.8 Å². The summed E-state index contributed by atoms with van der Waals surface area (Å²) in [6, 6.07) is 0.0436. The van der Waals surface area contributed by atoms with E-state index in [0.29, 0.717) is 11.8 Å². The van der Waals surface area contributed by atoms with Gasteiger partial charge >= 0.3 is 0 Å². The molecule has 1 aliphatic heterocycles. The molecule has 0 bridgehead atoms. The van der Waals surface area contributed by atoms with E-state index in [1.165, 1.54) is 12.2 Å². The maximum Gasteiger partial charge on any atom is 0.241 e. The van der Waals surface area contributed by atoms with Gasteiger partial charge in [-0.15, -0.1) is 0 Å². The monoisotopic (exact) mass is 286 g/mol. The Kier molecular flexibility index (Phi) is 7.84. The van der Waals surface area contributed by atoms with Crippen LogP contribution < -0.4 is 5.32 Å². The Hall–Kier alpha value is -0.220. The lowest BCUT2D eigenvalue weighted by Crippen LogP contribution is -2.38. The van der Waals surface area contributed by atoms with Crippen LogP contribution in [-0.4, -0.2) is 41.6 Å². The molecule has 1 saturated heterocycles. The molecule has 0 radical (unpaired) electrons. The van der Waals surface area contributed by atoms with Crippen molar-refractivity contribution in [3.8, 4) is 0 Å². The first kappa shape index (κ1) is 16.8. The molecule has 1 heterocycles. The van der Waals surface area contributed by atoms with Crippen molar-refractivity contribution in [2.24, 2.45) is 5.92 Å². The second kappa shape index (κ2) is 8.85. The summed E-state index contributed by atoms with van der Waals surface area (Å²) in [5.41, 5.74) is 0. The van der Waals surface area contributed by atoms with Crippen LogP contribution in [0, 0.1) is 5.92 Å². The molecule has 0 aromatic rings. The fourth-order valence-corrected chi connectivity index (χ4v) is 3.14. The van der Waals surface area contributed by atoms with Crippen molar-refractivity contribution in [3.63, 3.8) is 0 Å². The Morgan fingerprint density at radius 3 is 2.68 bits per heavy atom. The molecule has 0 spiro atoms. The van der Waals surface area contributed by atoms with Crippen LogP contribution in [0.25, 0.3) is 0 Å². The molecule has 0 saturated carbocycles. The van der Waals surface area contributed by atoms with Gasteiger partial charge in [0.05, 0.1) is 12.2 Å². The van der Waals surface area contributed by atoms with Gasteiger partial charge in [-0.3, -0.25) is 10.1 Å². The van der Waals surface area contributed by atoms with Gasteiger partial charge in [-0.25, -0.2) is 0 Å². The zero-order valence-corrected chi connectivity index (χ0v) is 13.8. The molecule has 3 atom stereocenters. The number of hydrogen-bond donors (Lipinski definition) is 1. The molecule has 1 N–H and O–H groups in total. The molecule has 112 valence electrons. The summed E-state index contributed by atoms with van der Waals surface area (Å²) in [7, 11) is 0. The van der Waals surface area contributed by atoms with Crippen LogP contribution in [0.3, 0.4) is 0 Å².